The third-order valence-corrected chi connectivity index (χ3v) is 3.49. The van der Waals surface area contributed by atoms with Gasteiger partial charge in [0.2, 0.25) is 5.91 Å². The molecule has 2 N–H and O–H groups in total. The fraction of sp³-hybridized carbons (Fsp3) is 0.278. The van der Waals surface area contributed by atoms with Crippen LogP contribution >= 0.6 is 0 Å². The molecule has 0 aliphatic carbocycles. The van der Waals surface area contributed by atoms with E-state index in [0.29, 0.717) is 6.42 Å². The van der Waals surface area contributed by atoms with Gasteiger partial charge in [0.05, 0.1) is 6.04 Å². The lowest BCUT2D eigenvalue weighted by Crippen LogP contribution is -2.29. The predicted molar refractivity (Wildman–Crippen MR) is 85.9 cm³/mol. The van der Waals surface area contributed by atoms with Gasteiger partial charge < -0.3 is 10.6 Å². The van der Waals surface area contributed by atoms with E-state index in [4.69, 9.17) is 0 Å². The minimum atomic E-state index is -0.108. The van der Waals surface area contributed by atoms with Gasteiger partial charge in [0.1, 0.15) is 0 Å². The summed E-state index contributed by atoms with van der Waals surface area (Å²) in [5.74, 6) is 0.0584. The predicted octanol–water partition coefficient (Wildman–Crippen LogP) is 3.02. The van der Waals surface area contributed by atoms with Crippen molar-refractivity contribution in [3.05, 3.63) is 71.3 Å². The zero-order chi connectivity index (χ0) is 15.1. The van der Waals surface area contributed by atoms with E-state index in [1.54, 1.807) is 0 Å². The molecule has 3 heteroatoms. The molecule has 0 aliphatic heterocycles. The molecule has 2 aromatic rings. The van der Waals surface area contributed by atoms with E-state index in [1.807, 2.05) is 44.3 Å². The highest BCUT2D eigenvalue weighted by molar-refractivity contribution is 5.76. The van der Waals surface area contributed by atoms with Crippen molar-refractivity contribution in [1.29, 1.82) is 0 Å². The number of nitrogens with one attached hydrogen (secondary N) is 2. The molecule has 0 heterocycles. The first kappa shape index (κ1) is 15.3. The Hall–Kier alpha value is -2.13. The second-order valence-corrected chi connectivity index (χ2v) is 4.99. The lowest BCUT2D eigenvalue weighted by molar-refractivity contribution is -0.121. The van der Waals surface area contributed by atoms with Gasteiger partial charge in [-0.25, -0.2) is 0 Å². The van der Waals surface area contributed by atoms with Gasteiger partial charge in [0.15, 0.2) is 0 Å². The van der Waals surface area contributed by atoms with Gasteiger partial charge in [0.25, 0.3) is 0 Å². The van der Waals surface area contributed by atoms with Gasteiger partial charge in [-0.3, -0.25) is 4.79 Å². The van der Waals surface area contributed by atoms with Crippen molar-refractivity contribution in [3.63, 3.8) is 0 Å². The van der Waals surface area contributed by atoms with Crippen molar-refractivity contribution >= 4 is 5.91 Å². The summed E-state index contributed by atoms with van der Waals surface area (Å²) in [6.45, 7) is 2.65. The number of hydrogen-bond acceptors (Lipinski definition) is 2. The average molecular weight is 282 g/mol. The summed E-state index contributed by atoms with van der Waals surface area (Å²) in [6, 6.07) is 18.2. The molecule has 21 heavy (non-hydrogen) atoms. The number of benzene rings is 2. The molecular formula is C18H22N2O. The Labute approximate surface area is 126 Å². The highest BCUT2D eigenvalue weighted by atomic mass is 16.1. The van der Waals surface area contributed by atoms with Crippen molar-refractivity contribution in [2.24, 2.45) is 0 Å². The fourth-order valence-electron chi connectivity index (χ4n) is 2.42. The summed E-state index contributed by atoms with van der Waals surface area (Å²) in [6.07, 6.45) is 0.484. The molecule has 0 aromatic heterocycles. The Balaban J connectivity index is 2.42. The molecule has 1 amide bonds. The van der Waals surface area contributed by atoms with Crippen LogP contribution in [-0.4, -0.2) is 13.0 Å². The van der Waals surface area contributed by atoms with E-state index in [-0.39, 0.29) is 11.9 Å². The molecule has 2 rings (SSSR count). The van der Waals surface area contributed by atoms with Crippen molar-refractivity contribution in [3.8, 4) is 0 Å². The van der Waals surface area contributed by atoms with E-state index < -0.39 is 0 Å². The van der Waals surface area contributed by atoms with Crippen molar-refractivity contribution in [1.82, 2.24) is 10.6 Å². The summed E-state index contributed by atoms with van der Waals surface area (Å²) in [4.78, 5) is 11.9. The molecule has 0 fully saturated rings. The minimum Gasteiger partial charge on any atom is -0.345 e. The van der Waals surface area contributed by atoms with Crippen LogP contribution < -0.4 is 10.6 Å². The molecule has 0 bridgehead atoms. The molecule has 0 saturated carbocycles. The first-order valence-corrected chi connectivity index (χ1v) is 7.33. The van der Waals surface area contributed by atoms with E-state index in [9.17, 15) is 4.79 Å². The molecule has 0 unspecified atom stereocenters. The molecule has 0 aliphatic rings. The Morgan fingerprint density at radius 3 is 2.38 bits per heavy atom. The van der Waals surface area contributed by atoms with Gasteiger partial charge in [-0.05, 0) is 23.7 Å². The van der Waals surface area contributed by atoms with Crippen LogP contribution in [0.1, 0.15) is 36.1 Å². The lowest BCUT2D eigenvalue weighted by Gasteiger charge is -2.22. The van der Waals surface area contributed by atoms with Crippen LogP contribution in [0.2, 0.25) is 0 Å². The zero-order valence-corrected chi connectivity index (χ0v) is 12.6. The van der Waals surface area contributed by atoms with Crippen molar-refractivity contribution < 1.29 is 4.79 Å². The SMILES string of the molecule is CCC(=O)N[C@@H](c1ccccc1)c1ccccc1CNC. The van der Waals surface area contributed by atoms with Crippen LogP contribution in [0.5, 0.6) is 0 Å². The Morgan fingerprint density at radius 2 is 1.71 bits per heavy atom. The standard InChI is InChI=1S/C18H22N2O/c1-3-17(21)20-18(14-9-5-4-6-10-14)16-12-8-7-11-15(16)13-19-2/h4-12,18-19H,3,13H2,1-2H3,(H,20,21)/t18-/m0/s1. The zero-order valence-electron chi connectivity index (χ0n) is 12.6. The normalized spacial score (nSPS) is 11.9. The topological polar surface area (TPSA) is 41.1 Å². The van der Waals surface area contributed by atoms with E-state index >= 15 is 0 Å². The summed E-state index contributed by atoms with van der Waals surface area (Å²) in [7, 11) is 1.93. The first-order chi connectivity index (χ1) is 10.3. The van der Waals surface area contributed by atoms with Crippen LogP contribution in [0.3, 0.4) is 0 Å². The summed E-state index contributed by atoms with van der Waals surface area (Å²) in [5.41, 5.74) is 3.44. The molecule has 2 aromatic carbocycles. The molecule has 3 nitrogen and oxygen atoms in total. The number of hydrogen-bond donors (Lipinski definition) is 2. The maximum atomic E-state index is 11.9. The van der Waals surface area contributed by atoms with Gasteiger partial charge in [-0.15, -0.1) is 0 Å². The van der Waals surface area contributed by atoms with Crippen molar-refractivity contribution in [2.75, 3.05) is 7.05 Å². The highest BCUT2D eigenvalue weighted by Crippen LogP contribution is 2.25. The maximum Gasteiger partial charge on any atom is 0.220 e. The van der Waals surface area contributed by atoms with Crippen LogP contribution in [0.25, 0.3) is 0 Å². The number of carbonyl (C=O) groups is 1. The summed E-state index contributed by atoms with van der Waals surface area (Å²) in [5, 5.41) is 6.32. The first-order valence-electron chi connectivity index (χ1n) is 7.33. The second kappa shape index (κ2) is 7.60. The van der Waals surface area contributed by atoms with Gasteiger partial charge in [0, 0.05) is 13.0 Å². The Morgan fingerprint density at radius 1 is 1.05 bits per heavy atom. The molecule has 0 spiro atoms. The quantitative estimate of drug-likeness (QED) is 0.855. The number of rotatable bonds is 6. The minimum absolute atomic E-state index is 0.0584. The molecule has 110 valence electrons. The van der Waals surface area contributed by atoms with E-state index in [1.165, 1.54) is 5.56 Å². The van der Waals surface area contributed by atoms with Gasteiger partial charge in [-0.1, -0.05) is 61.5 Å². The van der Waals surface area contributed by atoms with Crippen LogP contribution in [0.4, 0.5) is 0 Å². The van der Waals surface area contributed by atoms with E-state index in [2.05, 4.69) is 34.9 Å². The number of carbonyl (C=O) groups excluding carboxylic acids is 1. The lowest BCUT2D eigenvalue weighted by atomic mass is 9.94. The molecular weight excluding hydrogens is 260 g/mol. The second-order valence-electron chi connectivity index (χ2n) is 4.99. The number of amides is 1. The third-order valence-electron chi connectivity index (χ3n) is 3.49. The van der Waals surface area contributed by atoms with E-state index in [0.717, 1.165) is 17.7 Å². The third kappa shape index (κ3) is 3.92. The average Bonchev–Trinajstić information content (AvgIpc) is 2.54. The summed E-state index contributed by atoms with van der Waals surface area (Å²) >= 11 is 0. The Bertz CT molecular complexity index is 581. The smallest absolute Gasteiger partial charge is 0.220 e. The van der Waals surface area contributed by atoms with Crippen LogP contribution in [0, 0.1) is 0 Å². The summed E-state index contributed by atoms with van der Waals surface area (Å²) < 4.78 is 0. The van der Waals surface area contributed by atoms with Crippen LogP contribution in [-0.2, 0) is 11.3 Å². The van der Waals surface area contributed by atoms with Gasteiger partial charge >= 0.3 is 0 Å². The highest BCUT2D eigenvalue weighted by Gasteiger charge is 2.18. The molecule has 0 saturated heterocycles. The monoisotopic (exact) mass is 282 g/mol. The van der Waals surface area contributed by atoms with Crippen molar-refractivity contribution in [2.45, 2.75) is 25.9 Å². The fourth-order valence-corrected chi connectivity index (χ4v) is 2.42. The van der Waals surface area contributed by atoms with Gasteiger partial charge in [-0.2, -0.15) is 0 Å². The maximum absolute atomic E-state index is 11.9. The molecule has 1 atom stereocenters. The van der Waals surface area contributed by atoms with Crippen LogP contribution in [0.15, 0.2) is 54.6 Å². The Kier molecular flexibility index (Phi) is 5.52. The largest absolute Gasteiger partial charge is 0.345 e. The molecule has 0 radical (unpaired) electrons.